The molecule has 0 spiro atoms. The molecule has 2 saturated heterocycles. The first-order valence-corrected chi connectivity index (χ1v) is 14.2. The number of fused-ring (bicyclic) bond motifs is 3. The van der Waals surface area contributed by atoms with E-state index in [-0.39, 0.29) is 6.10 Å². The normalized spacial score (nSPS) is 39.4. The summed E-state index contributed by atoms with van der Waals surface area (Å²) in [5.74, 6) is -0.492. The van der Waals surface area contributed by atoms with Crippen LogP contribution in [0, 0.1) is 17.8 Å². The van der Waals surface area contributed by atoms with E-state index >= 15 is 0 Å². The zero-order chi connectivity index (χ0) is 27.2. The highest BCUT2D eigenvalue weighted by Gasteiger charge is 2.65. The van der Waals surface area contributed by atoms with Gasteiger partial charge in [-0.2, -0.15) is 0 Å². The van der Waals surface area contributed by atoms with E-state index in [2.05, 4.69) is 20.8 Å². The highest BCUT2D eigenvalue weighted by molar-refractivity contribution is 5.60. The van der Waals surface area contributed by atoms with Crippen LogP contribution in [-0.4, -0.2) is 60.5 Å². The zero-order valence-electron chi connectivity index (χ0n) is 23.8. The van der Waals surface area contributed by atoms with E-state index in [1.165, 1.54) is 0 Å². The summed E-state index contributed by atoms with van der Waals surface area (Å²) in [6.45, 7) is 14.4. The molecule has 8 nitrogen and oxygen atoms in total. The summed E-state index contributed by atoms with van der Waals surface area (Å²) in [5.41, 5.74) is 1.01. The summed E-state index contributed by atoms with van der Waals surface area (Å²) in [4.78, 5) is 13.4. The van der Waals surface area contributed by atoms with E-state index in [9.17, 15) is 4.79 Å². The SMILES string of the molecule is CC(C)[C@H]1CC[C@H](C)C[C@@H]1OC(=O)O[C@H]1[C@H](OCc2ccccc2)[C@H]2OC(C)(C)O[C@@H]2[C@H]2OC(C)(C)O[C@@H]12. The van der Waals surface area contributed by atoms with E-state index in [0.29, 0.717) is 24.4 Å². The first-order chi connectivity index (χ1) is 17.9. The fourth-order valence-electron chi connectivity index (χ4n) is 6.63. The van der Waals surface area contributed by atoms with Gasteiger partial charge < -0.3 is 33.2 Å². The third kappa shape index (κ3) is 5.89. The standard InChI is InChI=1S/C30H44O8/c1-17(2)20-14-13-18(3)15-21(20)33-28(31)34-23-22(32-16-19-11-9-8-10-12-19)24-26(37-29(4,5)35-24)27-25(23)36-30(6,7)38-27/h8-12,17-18,20-27H,13-16H2,1-7H3/t18-,20+,21-,22-,23-,24+,25-,26-,27-/m0/s1. The van der Waals surface area contributed by atoms with E-state index in [4.69, 9.17) is 33.2 Å². The van der Waals surface area contributed by atoms with Gasteiger partial charge in [-0.3, -0.25) is 0 Å². The van der Waals surface area contributed by atoms with Crippen molar-refractivity contribution in [2.45, 2.75) is 129 Å². The first-order valence-electron chi connectivity index (χ1n) is 14.2. The molecule has 4 fully saturated rings. The van der Waals surface area contributed by atoms with Crippen LogP contribution in [-0.2, 0) is 39.8 Å². The van der Waals surface area contributed by atoms with Crippen molar-refractivity contribution >= 4 is 6.16 Å². The average molecular weight is 533 g/mol. The number of carbonyl (C=O) groups excluding carboxylic acids is 1. The van der Waals surface area contributed by atoms with E-state index in [0.717, 1.165) is 24.8 Å². The number of hydrogen-bond donors (Lipinski definition) is 0. The Morgan fingerprint density at radius 2 is 1.45 bits per heavy atom. The largest absolute Gasteiger partial charge is 0.509 e. The van der Waals surface area contributed by atoms with Gasteiger partial charge in [0.15, 0.2) is 17.7 Å². The van der Waals surface area contributed by atoms with E-state index in [1.807, 2.05) is 58.0 Å². The molecule has 0 unspecified atom stereocenters. The van der Waals surface area contributed by atoms with E-state index < -0.39 is 54.4 Å². The van der Waals surface area contributed by atoms with Crippen LogP contribution in [0.25, 0.3) is 0 Å². The lowest BCUT2D eigenvalue weighted by molar-refractivity contribution is -0.201. The van der Waals surface area contributed by atoms with Crippen molar-refractivity contribution in [2.24, 2.45) is 17.8 Å². The summed E-state index contributed by atoms with van der Waals surface area (Å²) in [6.07, 6.45) is -1.30. The van der Waals surface area contributed by atoms with Crippen LogP contribution in [0.15, 0.2) is 30.3 Å². The lowest BCUT2D eigenvalue weighted by Crippen LogP contribution is -2.63. The Bertz CT molecular complexity index is 962. The summed E-state index contributed by atoms with van der Waals surface area (Å²) in [7, 11) is 0. The summed E-state index contributed by atoms with van der Waals surface area (Å²) < 4.78 is 43.8. The second-order valence-corrected chi connectivity index (χ2v) is 12.7. The quantitative estimate of drug-likeness (QED) is 0.438. The molecular weight excluding hydrogens is 488 g/mol. The molecule has 2 aliphatic heterocycles. The Labute approximate surface area is 226 Å². The number of rotatable bonds is 6. The van der Waals surface area contributed by atoms with Gasteiger partial charge in [0.2, 0.25) is 0 Å². The van der Waals surface area contributed by atoms with Gasteiger partial charge in [0.1, 0.15) is 36.6 Å². The van der Waals surface area contributed by atoms with Crippen molar-refractivity contribution < 1.29 is 38.0 Å². The van der Waals surface area contributed by atoms with Crippen LogP contribution in [0.1, 0.15) is 73.3 Å². The number of hydrogen-bond acceptors (Lipinski definition) is 8. The minimum Gasteiger partial charge on any atom is -0.431 e. The monoisotopic (exact) mass is 532 g/mol. The minimum atomic E-state index is -0.878. The zero-order valence-corrected chi connectivity index (χ0v) is 23.8. The maximum Gasteiger partial charge on any atom is 0.509 e. The summed E-state index contributed by atoms with van der Waals surface area (Å²) in [5, 5.41) is 0. The predicted octanol–water partition coefficient (Wildman–Crippen LogP) is 5.61. The molecular formula is C30H44O8. The van der Waals surface area contributed by atoms with Crippen LogP contribution < -0.4 is 0 Å². The van der Waals surface area contributed by atoms with Crippen LogP contribution in [0.4, 0.5) is 4.79 Å². The molecule has 4 aliphatic rings. The maximum atomic E-state index is 13.4. The molecule has 1 aromatic carbocycles. The van der Waals surface area contributed by atoms with Crippen LogP contribution in [0.3, 0.4) is 0 Å². The molecule has 0 bridgehead atoms. The molecule has 9 atom stereocenters. The van der Waals surface area contributed by atoms with Gasteiger partial charge >= 0.3 is 6.16 Å². The van der Waals surface area contributed by atoms with Crippen LogP contribution in [0.5, 0.6) is 0 Å². The van der Waals surface area contributed by atoms with Crippen molar-refractivity contribution in [1.29, 1.82) is 0 Å². The average Bonchev–Trinajstić information content (AvgIpc) is 3.33. The van der Waals surface area contributed by atoms with Gasteiger partial charge in [0.05, 0.1) is 6.61 Å². The van der Waals surface area contributed by atoms with Gasteiger partial charge in [-0.05, 0) is 63.9 Å². The second-order valence-electron chi connectivity index (χ2n) is 12.7. The molecule has 38 heavy (non-hydrogen) atoms. The predicted molar refractivity (Wildman–Crippen MR) is 139 cm³/mol. The van der Waals surface area contributed by atoms with Crippen molar-refractivity contribution in [3.63, 3.8) is 0 Å². The molecule has 212 valence electrons. The second kappa shape index (κ2) is 10.7. The molecule has 0 N–H and O–H groups in total. The Balaban J connectivity index is 1.39. The molecule has 2 aliphatic carbocycles. The Morgan fingerprint density at radius 3 is 2.05 bits per heavy atom. The topological polar surface area (TPSA) is 81.7 Å². The summed E-state index contributed by atoms with van der Waals surface area (Å²) in [6, 6.07) is 9.89. The molecule has 0 amide bonds. The highest BCUT2D eigenvalue weighted by Crippen LogP contribution is 2.47. The van der Waals surface area contributed by atoms with Crippen LogP contribution in [0.2, 0.25) is 0 Å². The molecule has 5 rings (SSSR count). The van der Waals surface area contributed by atoms with Gasteiger partial charge in [-0.15, -0.1) is 0 Å². The van der Waals surface area contributed by atoms with Gasteiger partial charge in [-0.25, -0.2) is 4.79 Å². The number of benzene rings is 1. The fourth-order valence-corrected chi connectivity index (χ4v) is 6.63. The maximum absolute atomic E-state index is 13.4. The fraction of sp³-hybridized carbons (Fsp3) is 0.767. The molecule has 1 aromatic rings. The van der Waals surface area contributed by atoms with Gasteiger partial charge in [0.25, 0.3) is 0 Å². The molecule has 8 heteroatoms. The smallest absolute Gasteiger partial charge is 0.431 e. The molecule has 0 radical (unpaired) electrons. The van der Waals surface area contributed by atoms with E-state index in [1.54, 1.807) is 0 Å². The van der Waals surface area contributed by atoms with Crippen LogP contribution >= 0.6 is 0 Å². The minimum absolute atomic E-state index is 0.177. The lowest BCUT2D eigenvalue weighted by Gasteiger charge is -2.42. The van der Waals surface area contributed by atoms with Crippen molar-refractivity contribution in [3.8, 4) is 0 Å². The lowest BCUT2D eigenvalue weighted by atomic mass is 9.75. The molecule has 0 aromatic heterocycles. The molecule has 2 saturated carbocycles. The third-order valence-electron chi connectivity index (χ3n) is 8.35. The highest BCUT2D eigenvalue weighted by atomic mass is 16.8. The van der Waals surface area contributed by atoms with Crippen molar-refractivity contribution in [2.75, 3.05) is 0 Å². The first kappa shape index (κ1) is 27.8. The van der Waals surface area contributed by atoms with Crippen molar-refractivity contribution in [3.05, 3.63) is 35.9 Å². The Morgan fingerprint density at radius 1 is 0.868 bits per heavy atom. The Kier molecular flexibility index (Phi) is 7.84. The summed E-state index contributed by atoms with van der Waals surface area (Å²) >= 11 is 0. The number of carbonyl (C=O) groups is 1. The van der Waals surface area contributed by atoms with Gasteiger partial charge in [0, 0.05) is 0 Å². The molecule has 2 heterocycles. The Hall–Kier alpha value is -1.71. The third-order valence-corrected chi connectivity index (χ3v) is 8.35. The number of ether oxygens (including phenoxy) is 7. The van der Waals surface area contributed by atoms with Gasteiger partial charge in [-0.1, -0.05) is 57.5 Å². The van der Waals surface area contributed by atoms with Crippen molar-refractivity contribution in [1.82, 2.24) is 0 Å².